The lowest BCUT2D eigenvalue weighted by Gasteiger charge is -2.19. The molecule has 0 fully saturated rings. The van der Waals surface area contributed by atoms with Crippen LogP contribution in [-0.2, 0) is 11.3 Å². The first-order valence-corrected chi connectivity index (χ1v) is 8.17. The summed E-state index contributed by atoms with van der Waals surface area (Å²) in [6, 6.07) is 4.15. The molecule has 1 amide bonds. The van der Waals surface area contributed by atoms with Gasteiger partial charge in [0.15, 0.2) is 17.5 Å². The lowest BCUT2D eigenvalue weighted by molar-refractivity contribution is 0.0529. The molecular formula is C17H27FN4O3. The normalized spacial score (nSPS) is 11.8. The Balaban J connectivity index is 2.45. The van der Waals surface area contributed by atoms with E-state index in [1.54, 1.807) is 26.8 Å². The summed E-state index contributed by atoms with van der Waals surface area (Å²) >= 11 is 0. The van der Waals surface area contributed by atoms with Crippen LogP contribution in [0.4, 0.5) is 9.18 Å². The Morgan fingerprint density at radius 3 is 2.52 bits per heavy atom. The van der Waals surface area contributed by atoms with Gasteiger partial charge in [0, 0.05) is 19.6 Å². The molecule has 1 aromatic rings. The summed E-state index contributed by atoms with van der Waals surface area (Å²) in [6.07, 6.45) is -0.476. The van der Waals surface area contributed by atoms with Gasteiger partial charge < -0.3 is 25.8 Å². The Bertz CT molecular complexity index is 600. The summed E-state index contributed by atoms with van der Waals surface area (Å²) < 4.78 is 18.5. The number of carbonyl (C=O) groups is 1. The fraction of sp³-hybridized carbons (Fsp3) is 0.529. The summed E-state index contributed by atoms with van der Waals surface area (Å²) in [5.41, 5.74) is 0.104. The Morgan fingerprint density at radius 1 is 1.24 bits per heavy atom. The van der Waals surface area contributed by atoms with Crippen LogP contribution in [0.25, 0.3) is 0 Å². The molecule has 140 valence electrons. The average Bonchev–Trinajstić information content (AvgIpc) is 2.50. The van der Waals surface area contributed by atoms with Gasteiger partial charge in [0.1, 0.15) is 5.60 Å². The lowest BCUT2D eigenvalue weighted by atomic mass is 10.2. The number of rotatable bonds is 6. The van der Waals surface area contributed by atoms with Gasteiger partial charge in [0.25, 0.3) is 0 Å². The lowest BCUT2D eigenvalue weighted by Crippen LogP contribution is -2.42. The molecule has 1 rings (SSSR count). The van der Waals surface area contributed by atoms with Crippen LogP contribution in [-0.4, -0.2) is 42.4 Å². The molecule has 7 nitrogen and oxygen atoms in total. The Morgan fingerprint density at radius 2 is 1.92 bits per heavy atom. The van der Waals surface area contributed by atoms with Crippen molar-refractivity contribution >= 4 is 12.1 Å². The number of guanidine groups is 1. The molecule has 0 aliphatic carbocycles. The number of phenolic OH excluding ortho intramolecular Hbond substituents is 1. The van der Waals surface area contributed by atoms with E-state index in [-0.39, 0.29) is 12.3 Å². The molecule has 0 aromatic heterocycles. The largest absolute Gasteiger partial charge is 0.505 e. The number of benzene rings is 1. The number of hydrogen-bond acceptors (Lipinski definition) is 4. The van der Waals surface area contributed by atoms with E-state index in [9.17, 15) is 14.3 Å². The monoisotopic (exact) mass is 354 g/mol. The molecule has 1 aromatic carbocycles. The molecule has 0 heterocycles. The smallest absolute Gasteiger partial charge is 0.407 e. The Hall–Kier alpha value is -2.51. The molecule has 8 heteroatoms. The number of halogens is 1. The van der Waals surface area contributed by atoms with Gasteiger partial charge in [-0.05, 0) is 45.4 Å². The van der Waals surface area contributed by atoms with Gasteiger partial charge in [-0.25, -0.2) is 14.2 Å². The number of phenols is 1. The van der Waals surface area contributed by atoms with Gasteiger partial charge in [-0.1, -0.05) is 6.07 Å². The van der Waals surface area contributed by atoms with Crippen molar-refractivity contribution in [3.8, 4) is 5.75 Å². The van der Waals surface area contributed by atoms with Gasteiger partial charge in [0.05, 0.1) is 6.54 Å². The second-order valence-corrected chi connectivity index (χ2v) is 6.34. The van der Waals surface area contributed by atoms with Crippen LogP contribution in [0.1, 0.15) is 33.3 Å². The highest BCUT2D eigenvalue weighted by molar-refractivity contribution is 5.79. The zero-order chi connectivity index (χ0) is 18.9. The molecule has 0 spiro atoms. The SMILES string of the molecule is CCNC(=NCc1ccc(O)c(F)c1)NCCNC(=O)OC(C)(C)C. The van der Waals surface area contributed by atoms with Gasteiger partial charge in [-0.3, -0.25) is 0 Å². The molecule has 4 N–H and O–H groups in total. The van der Waals surface area contributed by atoms with Crippen LogP contribution in [0, 0.1) is 5.82 Å². The third kappa shape index (κ3) is 8.78. The predicted octanol–water partition coefficient (Wildman–Crippen LogP) is 2.11. The quantitative estimate of drug-likeness (QED) is 0.357. The first-order valence-electron chi connectivity index (χ1n) is 8.17. The van der Waals surface area contributed by atoms with E-state index in [1.165, 1.54) is 12.1 Å². The minimum Gasteiger partial charge on any atom is -0.505 e. The highest BCUT2D eigenvalue weighted by Gasteiger charge is 2.15. The number of nitrogens with one attached hydrogen (secondary N) is 3. The van der Waals surface area contributed by atoms with Crippen molar-refractivity contribution in [1.29, 1.82) is 0 Å². The van der Waals surface area contributed by atoms with Crippen LogP contribution >= 0.6 is 0 Å². The highest BCUT2D eigenvalue weighted by atomic mass is 19.1. The first kappa shape index (κ1) is 20.5. The van der Waals surface area contributed by atoms with Gasteiger partial charge in [0.2, 0.25) is 0 Å². The van der Waals surface area contributed by atoms with Crippen molar-refractivity contribution in [3.05, 3.63) is 29.6 Å². The number of ether oxygens (including phenoxy) is 1. The van der Waals surface area contributed by atoms with Crippen LogP contribution in [0.5, 0.6) is 5.75 Å². The number of alkyl carbamates (subject to hydrolysis) is 1. The van der Waals surface area contributed by atoms with E-state index in [1.807, 2.05) is 6.92 Å². The summed E-state index contributed by atoms with van der Waals surface area (Å²) in [5, 5.41) is 17.9. The Labute approximate surface area is 147 Å². The second-order valence-electron chi connectivity index (χ2n) is 6.34. The number of aliphatic imine (C=N–C) groups is 1. The summed E-state index contributed by atoms with van der Waals surface area (Å²) in [5.74, 6) is -0.514. The maximum Gasteiger partial charge on any atom is 0.407 e. The topological polar surface area (TPSA) is 95.0 Å². The van der Waals surface area contributed by atoms with E-state index in [4.69, 9.17) is 4.74 Å². The van der Waals surface area contributed by atoms with Crippen molar-refractivity contribution in [3.63, 3.8) is 0 Å². The van der Waals surface area contributed by atoms with Crippen molar-refractivity contribution in [2.75, 3.05) is 19.6 Å². The fourth-order valence-corrected chi connectivity index (χ4v) is 1.82. The zero-order valence-corrected chi connectivity index (χ0v) is 15.1. The summed E-state index contributed by atoms with van der Waals surface area (Å²) in [6.45, 7) is 9.06. The molecule has 25 heavy (non-hydrogen) atoms. The molecule has 0 aliphatic rings. The third-order valence-electron chi connectivity index (χ3n) is 2.86. The van der Waals surface area contributed by atoms with Crippen molar-refractivity contribution < 1.29 is 19.0 Å². The van der Waals surface area contributed by atoms with Gasteiger partial charge in [-0.2, -0.15) is 0 Å². The van der Waals surface area contributed by atoms with E-state index in [2.05, 4.69) is 20.9 Å². The van der Waals surface area contributed by atoms with Crippen LogP contribution < -0.4 is 16.0 Å². The van der Waals surface area contributed by atoms with E-state index in [0.29, 0.717) is 31.2 Å². The highest BCUT2D eigenvalue weighted by Crippen LogP contribution is 2.16. The molecule has 0 unspecified atom stereocenters. The van der Waals surface area contributed by atoms with Crippen LogP contribution in [0.15, 0.2) is 23.2 Å². The number of amides is 1. The number of aromatic hydroxyl groups is 1. The molecule has 0 saturated carbocycles. The predicted molar refractivity (Wildman–Crippen MR) is 95.1 cm³/mol. The van der Waals surface area contributed by atoms with Gasteiger partial charge >= 0.3 is 6.09 Å². The van der Waals surface area contributed by atoms with E-state index >= 15 is 0 Å². The van der Waals surface area contributed by atoms with Crippen molar-refractivity contribution in [1.82, 2.24) is 16.0 Å². The average molecular weight is 354 g/mol. The zero-order valence-electron chi connectivity index (χ0n) is 15.1. The second kappa shape index (κ2) is 9.71. The van der Waals surface area contributed by atoms with Crippen molar-refractivity contribution in [2.24, 2.45) is 4.99 Å². The minimum atomic E-state index is -0.674. The van der Waals surface area contributed by atoms with Crippen LogP contribution in [0.3, 0.4) is 0 Å². The minimum absolute atomic E-state index is 0.256. The Kier molecular flexibility index (Phi) is 7.97. The molecule has 0 aliphatic heterocycles. The molecule has 0 radical (unpaired) electrons. The first-order chi connectivity index (χ1) is 11.7. The van der Waals surface area contributed by atoms with Gasteiger partial charge in [-0.15, -0.1) is 0 Å². The van der Waals surface area contributed by atoms with E-state index < -0.39 is 17.5 Å². The van der Waals surface area contributed by atoms with E-state index in [0.717, 1.165) is 0 Å². The number of nitrogens with zero attached hydrogens (tertiary/aromatic N) is 1. The molecule has 0 saturated heterocycles. The third-order valence-corrected chi connectivity index (χ3v) is 2.86. The summed E-state index contributed by atoms with van der Waals surface area (Å²) in [7, 11) is 0. The maximum atomic E-state index is 13.3. The summed E-state index contributed by atoms with van der Waals surface area (Å²) in [4.78, 5) is 15.9. The molecular weight excluding hydrogens is 327 g/mol. The number of carbonyl (C=O) groups excluding carboxylic acids is 1. The molecule has 0 atom stereocenters. The van der Waals surface area contributed by atoms with Crippen molar-refractivity contribution in [2.45, 2.75) is 39.8 Å². The molecule has 0 bridgehead atoms. The maximum absolute atomic E-state index is 13.3. The van der Waals surface area contributed by atoms with Crippen LogP contribution in [0.2, 0.25) is 0 Å². The standard InChI is InChI=1S/C17H27FN4O3/c1-5-19-15(20-8-9-21-16(24)25-17(2,3)4)22-11-12-6-7-14(23)13(18)10-12/h6-7,10,23H,5,8-9,11H2,1-4H3,(H,21,24)(H2,19,20,22). The number of hydrogen-bond donors (Lipinski definition) is 4. The fourth-order valence-electron chi connectivity index (χ4n) is 1.82.